The Kier molecular flexibility index (Phi) is 4.30. The molecule has 0 radical (unpaired) electrons. The van der Waals surface area contributed by atoms with Crippen LogP contribution in [0.4, 0.5) is 0 Å². The van der Waals surface area contributed by atoms with Crippen molar-refractivity contribution in [2.45, 2.75) is 0 Å². The molecule has 0 amide bonds. The number of hydrogen-bond acceptors (Lipinski definition) is 1. The van der Waals surface area contributed by atoms with E-state index in [0.717, 1.165) is 5.70 Å². The van der Waals surface area contributed by atoms with Gasteiger partial charge in [-0.05, 0) is 45.7 Å². The highest BCUT2D eigenvalue weighted by Crippen LogP contribution is 2.23. The van der Waals surface area contributed by atoms with Gasteiger partial charge >= 0.3 is 0 Å². The molecule has 1 aliphatic heterocycles. The lowest BCUT2D eigenvalue weighted by molar-refractivity contribution is 1.22. The molecule has 1 heterocycles. The van der Waals surface area contributed by atoms with Crippen LogP contribution in [0.15, 0.2) is 121 Å². The maximum Gasteiger partial charge on any atom is 0.0453 e. The highest BCUT2D eigenvalue weighted by molar-refractivity contribution is 5.86. The van der Waals surface area contributed by atoms with Crippen LogP contribution in [0.2, 0.25) is 0 Å². The monoisotopic (exact) mass is 321 g/mol. The molecule has 1 N–H and O–H groups in total. The number of nitrogens with one attached hydrogen (secondary N) is 1. The van der Waals surface area contributed by atoms with Crippen LogP contribution >= 0.6 is 0 Å². The SMILES string of the molecule is C1=CC2=CC=CC2=C1.C1=CC=C(c2ccc3ccccc3c2)NC=C1. The van der Waals surface area contributed by atoms with Crippen LogP contribution in [0.3, 0.4) is 0 Å². The van der Waals surface area contributed by atoms with Crippen LogP contribution in [0.25, 0.3) is 16.5 Å². The number of rotatable bonds is 1. The molecule has 1 nitrogen and oxygen atoms in total. The van der Waals surface area contributed by atoms with E-state index < -0.39 is 0 Å². The Labute approximate surface area is 148 Å². The Morgan fingerprint density at radius 1 is 0.600 bits per heavy atom. The van der Waals surface area contributed by atoms with Crippen LogP contribution < -0.4 is 5.32 Å². The summed E-state index contributed by atoms with van der Waals surface area (Å²) in [5, 5.41) is 5.82. The lowest BCUT2D eigenvalue weighted by atomic mass is 10.0. The summed E-state index contributed by atoms with van der Waals surface area (Å²) in [7, 11) is 0. The molecule has 0 bridgehead atoms. The molecular weight excluding hydrogens is 302 g/mol. The minimum Gasteiger partial charge on any atom is -0.361 e. The molecule has 120 valence electrons. The van der Waals surface area contributed by atoms with Crippen molar-refractivity contribution in [1.82, 2.24) is 5.32 Å². The van der Waals surface area contributed by atoms with Gasteiger partial charge in [0.1, 0.15) is 0 Å². The second kappa shape index (κ2) is 7.06. The molecule has 2 aliphatic carbocycles. The molecule has 5 rings (SSSR count). The molecule has 0 saturated heterocycles. The minimum absolute atomic E-state index is 1.13. The number of fused-ring (bicyclic) bond motifs is 2. The summed E-state index contributed by atoms with van der Waals surface area (Å²) < 4.78 is 0. The molecule has 1 heteroatoms. The summed E-state index contributed by atoms with van der Waals surface area (Å²) in [6, 6.07) is 14.9. The molecular formula is C24H19N. The number of hydrogen-bond donors (Lipinski definition) is 1. The lowest BCUT2D eigenvalue weighted by Crippen LogP contribution is -2.02. The summed E-state index contributed by atoms with van der Waals surface area (Å²) in [6.07, 6.45) is 22.7. The van der Waals surface area contributed by atoms with Gasteiger partial charge in [-0.15, -0.1) is 0 Å². The molecule has 0 atom stereocenters. The Bertz CT molecular complexity index is 981. The van der Waals surface area contributed by atoms with Crippen molar-refractivity contribution in [3.8, 4) is 0 Å². The number of benzene rings is 2. The van der Waals surface area contributed by atoms with Crippen molar-refractivity contribution in [2.75, 3.05) is 0 Å². The van der Waals surface area contributed by atoms with Gasteiger partial charge in [0.15, 0.2) is 0 Å². The normalized spacial score (nSPS) is 16.4. The predicted molar refractivity (Wildman–Crippen MR) is 108 cm³/mol. The molecule has 3 aliphatic rings. The lowest BCUT2D eigenvalue weighted by Gasteiger charge is -2.07. The second-order valence-corrected chi connectivity index (χ2v) is 5.99. The van der Waals surface area contributed by atoms with Gasteiger partial charge in [0.05, 0.1) is 0 Å². The van der Waals surface area contributed by atoms with Crippen LogP contribution in [0.1, 0.15) is 5.56 Å². The predicted octanol–water partition coefficient (Wildman–Crippen LogP) is 5.83. The van der Waals surface area contributed by atoms with Crippen LogP contribution in [-0.4, -0.2) is 0 Å². The van der Waals surface area contributed by atoms with Gasteiger partial charge in [-0.1, -0.05) is 85.0 Å². The Balaban J connectivity index is 0.000000163. The summed E-state index contributed by atoms with van der Waals surface area (Å²) in [5.74, 6) is 0. The van der Waals surface area contributed by atoms with E-state index in [0.29, 0.717) is 0 Å². The third-order valence-corrected chi connectivity index (χ3v) is 4.32. The summed E-state index contributed by atoms with van der Waals surface area (Å²) in [4.78, 5) is 0. The van der Waals surface area contributed by atoms with Gasteiger partial charge in [-0.3, -0.25) is 0 Å². The standard InChI is InChI=1S/C16H13N.C8H6/c1-2-8-16(17-11-5-1)15-10-9-13-6-3-4-7-14(13)12-15;1-3-7-5-2-6-8(7)4-1/h1-12,17H;1-6H. The van der Waals surface area contributed by atoms with Crippen molar-refractivity contribution in [3.05, 3.63) is 126 Å². The van der Waals surface area contributed by atoms with Gasteiger partial charge in [0.25, 0.3) is 0 Å². The van der Waals surface area contributed by atoms with Crippen molar-refractivity contribution in [3.63, 3.8) is 0 Å². The summed E-state index contributed by atoms with van der Waals surface area (Å²) in [6.45, 7) is 0. The van der Waals surface area contributed by atoms with E-state index in [2.05, 4.69) is 90.3 Å². The summed E-state index contributed by atoms with van der Waals surface area (Å²) in [5.41, 5.74) is 5.04. The van der Waals surface area contributed by atoms with E-state index in [1.165, 1.54) is 27.5 Å². The smallest absolute Gasteiger partial charge is 0.0453 e. The Hall–Kier alpha value is -3.32. The average Bonchev–Trinajstić information content (AvgIpc) is 3.19. The van der Waals surface area contributed by atoms with Crippen molar-refractivity contribution < 1.29 is 0 Å². The fourth-order valence-electron chi connectivity index (χ4n) is 3.00. The quantitative estimate of drug-likeness (QED) is 0.696. The third kappa shape index (κ3) is 3.46. The van der Waals surface area contributed by atoms with Crippen molar-refractivity contribution in [1.29, 1.82) is 0 Å². The molecule has 2 aromatic carbocycles. The van der Waals surface area contributed by atoms with E-state index in [4.69, 9.17) is 0 Å². The average molecular weight is 321 g/mol. The maximum absolute atomic E-state index is 3.28. The first-order chi connectivity index (χ1) is 12.4. The Morgan fingerprint density at radius 3 is 2.16 bits per heavy atom. The fourth-order valence-corrected chi connectivity index (χ4v) is 3.00. The first-order valence-corrected chi connectivity index (χ1v) is 8.46. The molecule has 0 unspecified atom stereocenters. The second-order valence-electron chi connectivity index (χ2n) is 5.99. The number of allylic oxidation sites excluding steroid dienone is 12. The van der Waals surface area contributed by atoms with E-state index in [9.17, 15) is 0 Å². The molecule has 0 aromatic heterocycles. The van der Waals surface area contributed by atoms with E-state index in [1.54, 1.807) is 0 Å². The highest BCUT2D eigenvalue weighted by Gasteiger charge is 2.04. The minimum atomic E-state index is 1.13. The van der Waals surface area contributed by atoms with Gasteiger partial charge < -0.3 is 5.32 Å². The highest BCUT2D eigenvalue weighted by atomic mass is 14.8. The van der Waals surface area contributed by atoms with Crippen LogP contribution in [-0.2, 0) is 0 Å². The van der Waals surface area contributed by atoms with Crippen molar-refractivity contribution >= 4 is 16.5 Å². The molecule has 0 saturated carbocycles. The third-order valence-electron chi connectivity index (χ3n) is 4.32. The zero-order chi connectivity index (χ0) is 16.9. The molecule has 2 aromatic rings. The summed E-state index contributed by atoms with van der Waals surface area (Å²) >= 11 is 0. The zero-order valence-electron chi connectivity index (χ0n) is 13.9. The van der Waals surface area contributed by atoms with E-state index in [1.807, 2.05) is 24.4 Å². The van der Waals surface area contributed by atoms with Crippen molar-refractivity contribution in [2.24, 2.45) is 0 Å². The fraction of sp³-hybridized carbons (Fsp3) is 0. The largest absolute Gasteiger partial charge is 0.361 e. The topological polar surface area (TPSA) is 12.0 Å². The van der Waals surface area contributed by atoms with Crippen LogP contribution in [0, 0.1) is 0 Å². The Morgan fingerprint density at radius 2 is 1.36 bits per heavy atom. The van der Waals surface area contributed by atoms with Gasteiger partial charge in [0.2, 0.25) is 0 Å². The van der Waals surface area contributed by atoms with E-state index >= 15 is 0 Å². The van der Waals surface area contributed by atoms with E-state index in [-0.39, 0.29) is 0 Å². The van der Waals surface area contributed by atoms with Gasteiger partial charge in [-0.25, -0.2) is 0 Å². The first-order valence-electron chi connectivity index (χ1n) is 8.46. The van der Waals surface area contributed by atoms with Crippen LogP contribution in [0.5, 0.6) is 0 Å². The van der Waals surface area contributed by atoms with Gasteiger partial charge in [-0.2, -0.15) is 0 Å². The molecule has 25 heavy (non-hydrogen) atoms. The van der Waals surface area contributed by atoms with Gasteiger partial charge in [0, 0.05) is 11.9 Å². The maximum atomic E-state index is 3.28. The first kappa shape index (κ1) is 15.2. The molecule has 0 spiro atoms. The molecule has 0 fully saturated rings. The zero-order valence-corrected chi connectivity index (χ0v) is 13.9.